The highest BCUT2D eigenvalue weighted by Crippen LogP contribution is 2.29. The van der Waals surface area contributed by atoms with Crippen molar-refractivity contribution in [2.24, 2.45) is 5.92 Å². The minimum Gasteiger partial charge on any atom is -0.493 e. The maximum atomic E-state index is 13.5. The lowest BCUT2D eigenvalue weighted by molar-refractivity contribution is -0.124. The molecule has 9 nitrogen and oxygen atoms in total. The first-order chi connectivity index (χ1) is 21.0. The first kappa shape index (κ1) is 30.0. The second-order valence-electron chi connectivity index (χ2n) is 10.3. The summed E-state index contributed by atoms with van der Waals surface area (Å²) in [5, 5.41) is 15.4. The number of carbonyl (C=O) groups is 3. The molecule has 5 rings (SSSR count). The van der Waals surface area contributed by atoms with Crippen molar-refractivity contribution >= 4 is 50.9 Å². The molecule has 0 saturated carbocycles. The molecule has 10 heteroatoms. The van der Waals surface area contributed by atoms with Gasteiger partial charge in [0, 0.05) is 46.5 Å². The molecular weight excluding hydrogens is 566 g/mol. The van der Waals surface area contributed by atoms with Gasteiger partial charge in [-0.2, -0.15) is 0 Å². The van der Waals surface area contributed by atoms with E-state index in [2.05, 4.69) is 10.6 Å². The van der Waals surface area contributed by atoms with Crippen LogP contribution in [0, 0.1) is 5.92 Å². The highest BCUT2D eigenvalue weighted by molar-refractivity contribution is 7.19. The molecule has 2 heterocycles. The Morgan fingerprint density at radius 3 is 2.51 bits per heavy atom. The van der Waals surface area contributed by atoms with Crippen LogP contribution in [0.15, 0.2) is 84.9 Å². The van der Waals surface area contributed by atoms with Gasteiger partial charge in [0.2, 0.25) is 5.91 Å². The quantitative estimate of drug-likeness (QED) is 0.107. The zero-order chi connectivity index (χ0) is 30.0. The van der Waals surface area contributed by atoms with E-state index >= 15 is 0 Å². The van der Waals surface area contributed by atoms with Crippen LogP contribution in [0.2, 0.25) is 0 Å². The number of rotatable bonds is 11. The lowest BCUT2D eigenvalue weighted by atomic mass is 10.0. The summed E-state index contributed by atoms with van der Waals surface area (Å²) in [6.07, 6.45) is 5.11. The van der Waals surface area contributed by atoms with Crippen molar-refractivity contribution in [1.82, 2.24) is 10.8 Å². The average molecular weight is 600 g/mol. The summed E-state index contributed by atoms with van der Waals surface area (Å²) in [6.45, 7) is 2.14. The third-order valence-corrected chi connectivity index (χ3v) is 8.24. The number of anilines is 1. The van der Waals surface area contributed by atoms with Gasteiger partial charge in [0.1, 0.15) is 11.8 Å². The number of hydrogen-bond donors (Lipinski definition) is 4. The molecule has 1 aromatic heterocycles. The average Bonchev–Trinajstić information content (AvgIpc) is 3.45. The third kappa shape index (κ3) is 8.51. The van der Waals surface area contributed by atoms with Crippen molar-refractivity contribution < 1.29 is 29.1 Å². The minimum atomic E-state index is -0.826. The van der Waals surface area contributed by atoms with Gasteiger partial charge in [0.05, 0.1) is 6.61 Å². The first-order valence-electron chi connectivity index (χ1n) is 14.1. The molecule has 1 unspecified atom stereocenters. The highest BCUT2D eigenvalue weighted by atomic mass is 32.1. The molecule has 0 spiro atoms. The van der Waals surface area contributed by atoms with Crippen LogP contribution in [-0.2, 0) is 20.7 Å². The van der Waals surface area contributed by atoms with Crippen molar-refractivity contribution in [3.63, 3.8) is 0 Å². The van der Waals surface area contributed by atoms with Crippen LogP contribution in [0.5, 0.6) is 5.75 Å². The van der Waals surface area contributed by atoms with Crippen LogP contribution in [-0.4, -0.2) is 48.8 Å². The molecule has 1 fully saturated rings. The Morgan fingerprint density at radius 1 is 1.00 bits per heavy atom. The first-order valence-corrected chi connectivity index (χ1v) is 14.9. The van der Waals surface area contributed by atoms with Gasteiger partial charge in [-0.1, -0.05) is 30.3 Å². The van der Waals surface area contributed by atoms with Gasteiger partial charge in [-0.25, -0.2) is 5.48 Å². The molecule has 0 aliphatic carbocycles. The van der Waals surface area contributed by atoms with Crippen LogP contribution in [0.1, 0.15) is 33.6 Å². The van der Waals surface area contributed by atoms with Crippen molar-refractivity contribution in [3.05, 3.63) is 101 Å². The zero-order valence-electron chi connectivity index (χ0n) is 23.5. The number of nitrogens with one attached hydrogen (secondary N) is 3. The second-order valence-corrected chi connectivity index (χ2v) is 11.4. The van der Waals surface area contributed by atoms with Crippen molar-refractivity contribution in [1.29, 1.82) is 0 Å². The molecule has 0 radical (unpaired) electrons. The van der Waals surface area contributed by atoms with Gasteiger partial charge in [-0.05, 0) is 84.3 Å². The number of hydrogen-bond acceptors (Lipinski definition) is 7. The number of thiophene rings is 1. The van der Waals surface area contributed by atoms with Crippen LogP contribution < -0.4 is 20.9 Å². The Labute approximate surface area is 253 Å². The Bertz CT molecular complexity index is 1580. The van der Waals surface area contributed by atoms with E-state index in [0.29, 0.717) is 35.9 Å². The Kier molecular flexibility index (Phi) is 10.2. The molecule has 0 bridgehead atoms. The Morgan fingerprint density at radius 2 is 1.77 bits per heavy atom. The molecule has 1 aliphatic heterocycles. The van der Waals surface area contributed by atoms with E-state index in [9.17, 15) is 14.4 Å². The second kappa shape index (κ2) is 14.6. The number of ether oxygens (including phenoxy) is 2. The number of benzene rings is 3. The standard InChI is InChI=1S/C33H33N3O6S/c37-31(36-40)13-11-28-20-25-19-26(8-12-30(25)43-28)34-33(39)29(18-22-4-2-1-3-5-22)35-32(38)24-6-9-27(10-7-24)42-21-23-14-16-41-17-15-23/h1-13,19-20,23,29,40H,14-18,21H2,(H,34,39)(H,35,38)(H,36,37)/b13-11+. The van der Waals surface area contributed by atoms with Gasteiger partial charge in [0.25, 0.3) is 11.8 Å². The molecule has 1 atom stereocenters. The van der Waals surface area contributed by atoms with Crippen molar-refractivity contribution in [2.75, 3.05) is 25.1 Å². The number of amides is 3. The van der Waals surface area contributed by atoms with E-state index in [1.54, 1.807) is 41.9 Å². The number of hydroxylamine groups is 1. The smallest absolute Gasteiger partial charge is 0.267 e. The maximum Gasteiger partial charge on any atom is 0.267 e. The van der Waals surface area contributed by atoms with Gasteiger partial charge in [0.15, 0.2) is 0 Å². The summed E-state index contributed by atoms with van der Waals surface area (Å²) in [6, 6.07) is 23.1. The fourth-order valence-electron chi connectivity index (χ4n) is 4.78. The predicted molar refractivity (Wildman–Crippen MR) is 166 cm³/mol. The summed E-state index contributed by atoms with van der Waals surface area (Å²) >= 11 is 1.47. The van der Waals surface area contributed by atoms with Crippen LogP contribution in [0.25, 0.3) is 16.2 Å². The minimum absolute atomic E-state index is 0.313. The van der Waals surface area contributed by atoms with E-state index in [0.717, 1.165) is 46.6 Å². The summed E-state index contributed by atoms with van der Waals surface area (Å²) in [4.78, 5) is 38.8. The van der Waals surface area contributed by atoms with Crippen molar-refractivity contribution in [2.45, 2.75) is 25.3 Å². The van der Waals surface area contributed by atoms with Gasteiger partial charge in [-0.3, -0.25) is 19.6 Å². The van der Waals surface area contributed by atoms with Gasteiger partial charge in [-0.15, -0.1) is 11.3 Å². The highest BCUT2D eigenvalue weighted by Gasteiger charge is 2.23. The summed E-state index contributed by atoms with van der Waals surface area (Å²) in [5.74, 6) is -0.160. The molecule has 1 saturated heterocycles. The molecule has 1 aliphatic rings. The summed E-state index contributed by atoms with van der Waals surface area (Å²) in [7, 11) is 0. The lowest BCUT2D eigenvalue weighted by Crippen LogP contribution is -2.45. The summed E-state index contributed by atoms with van der Waals surface area (Å²) < 4.78 is 12.3. The molecule has 3 amide bonds. The van der Waals surface area contributed by atoms with Crippen molar-refractivity contribution in [3.8, 4) is 5.75 Å². The van der Waals surface area contributed by atoms with Crippen LogP contribution >= 0.6 is 11.3 Å². The third-order valence-electron chi connectivity index (χ3n) is 7.16. The molecule has 4 aromatic rings. The lowest BCUT2D eigenvalue weighted by Gasteiger charge is -2.22. The molecule has 4 N–H and O–H groups in total. The SMILES string of the molecule is O=C(/C=C/c1cc2cc(NC(=O)C(Cc3ccccc3)NC(=O)c3ccc(OCC4CCOCC4)cc3)ccc2s1)NO. The number of carbonyl (C=O) groups excluding carboxylic acids is 3. The maximum absolute atomic E-state index is 13.5. The normalized spacial score (nSPS) is 14.3. The fraction of sp³-hybridized carbons (Fsp3) is 0.242. The zero-order valence-corrected chi connectivity index (χ0v) is 24.3. The van der Waals surface area contributed by atoms with Gasteiger partial charge < -0.3 is 20.1 Å². The van der Waals surface area contributed by atoms with E-state index in [-0.39, 0.29) is 11.8 Å². The molecular formula is C33H33N3O6S. The van der Waals surface area contributed by atoms with E-state index in [1.807, 2.05) is 48.5 Å². The predicted octanol–water partition coefficient (Wildman–Crippen LogP) is 5.21. The summed E-state index contributed by atoms with van der Waals surface area (Å²) in [5.41, 5.74) is 3.49. The Balaban J connectivity index is 1.25. The molecule has 222 valence electrons. The largest absolute Gasteiger partial charge is 0.493 e. The van der Waals surface area contributed by atoms with E-state index in [1.165, 1.54) is 17.4 Å². The van der Waals surface area contributed by atoms with E-state index < -0.39 is 11.9 Å². The van der Waals surface area contributed by atoms with Crippen LogP contribution in [0.3, 0.4) is 0 Å². The van der Waals surface area contributed by atoms with E-state index in [4.69, 9.17) is 14.7 Å². The monoisotopic (exact) mass is 599 g/mol. The number of fused-ring (bicyclic) bond motifs is 1. The topological polar surface area (TPSA) is 126 Å². The Hall–Kier alpha value is -4.51. The van der Waals surface area contributed by atoms with Crippen LogP contribution in [0.4, 0.5) is 5.69 Å². The molecule has 3 aromatic carbocycles. The fourth-order valence-corrected chi connectivity index (χ4v) is 5.73. The van der Waals surface area contributed by atoms with Gasteiger partial charge >= 0.3 is 0 Å². The molecule has 43 heavy (non-hydrogen) atoms.